The van der Waals surface area contributed by atoms with Gasteiger partial charge < -0.3 is 18.8 Å². The molecule has 0 N–H and O–H groups in total. The van der Waals surface area contributed by atoms with Crippen LogP contribution in [0.3, 0.4) is 0 Å². The van der Waals surface area contributed by atoms with Gasteiger partial charge >= 0.3 is 12.3 Å². The van der Waals surface area contributed by atoms with Crippen molar-refractivity contribution < 1.29 is 31.9 Å². The first-order valence-electron chi connectivity index (χ1n) is 12.5. The van der Waals surface area contributed by atoms with Gasteiger partial charge in [-0.25, -0.2) is 9.78 Å². The summed E-state index contributed by atoms with van der Waals surface area (Å²) in [5.74, 6) is 0. The van der Waals surface area contributed by atoms with Crippen LogP contribution in [0.25, 0.3) is 21.7 Å². The van der Waals surface area contributed by atoms with Crippen molar-refractivity contribution in [2.24, 2.45) is 0 Å². The molecule has 2 saturated heterocycles. The maximum atomic E-state index is 14.6. The lowest BCUT2D eigenvalue weighted by Gasteiger charge is -2.40. The quantitative estimate of drug-likeness (QED) is 0.368. The number of nitrogens with zero attached hydrogens (tertiary/aromatic N) is 4. The van der Waals surface area contributed by atoms with Gasteiger partial charge in [0.2, 0.25) is 0 Å². The molecule has 0 saturated carbocycles. The van der Waals surface area contributed by atoms with Gasteiger partial charge in [-0.05, 0) is 59.1 Å². The number of fused-ring (bicyclic) bond motifs is 3. The van der Waals surface area contributed by atoms with Crippen LogP contribution in [0, 0.1) is 0 Å². The molecule has 2 bridgehead atoms. The van der Waals surface area contributed by atoms with Crippen LogP contribution in [-0.4, -0.2) is 58.8 Å². The molecule has 12 heteroatoms. The molecule has 5 rings (SSSR count). The summed E-state index contributed by atoms with van der Waals surface area (Å²) in [6.07, 6.45) is -1.95. The van der Waals surface area contributed by atoms with Crippen molar-refractivity contribution in [1.29, 1.82) is 0 Å². The molecule has 2 aliphatic heterocycles. The molecule has 1 amide bonds. The first-order chi connectivity index (χ1) is 17.7. The predicted octanol–water partition coefficient (Wildman–Crippen LogP) is 6.44. The minimum Gasteiger partial charge on any atom is -0.444 e. The molecule has 2 aromatic heterocycles. The molecule has 0 radical (unpaired) electrons. The molecule has 206 valence electrons. The zero-order valence-electron chi connectivity index (χ0n) is 22.2. The minimum atomic E-state index is -4.70. The number of anilines is 1. The third-order valence-electron chi connectivity index (χ3n) is 7.12. The fourth-order valence-corrected chi connectivity index (χ4v) is 5.92. The molecule has 0 spiro atoms. The van der Waals surface area contributed by atoms with Crippen LogP contribution in [0.5, 0.6) is 0 Å². The number of oxazole rings is 1. The molecule has 4 heterocycles. The van der Waals surface area contributed by atoms with E-state index in [1.54, 1.807) is 30.3 Å². The average Bonchev–Trinajstić information content (AvgIpc) is 3.54. The number of alkyl halides is 3. The molecule has 8 nitrogen and oxygen atoms in total. The van der Waals surface area contributed by atoms with Crippen molar-refractivity contribution in [2.45, 2.75) is 76.9 Å². The highest BCUT2D eigenvalue weighted by molar-refractivity contribution is 7.13. The highest BCUT2D eigenvalue weighted by Crippen LogP contribution is 2.47. The number of carbonyl (C=O) groups is 1. The largest absolute Gasteiger partial charge is 0.444 e. The number of rotatable bonds is 4. The van der Waals surface area contributed by atoms with E-state index in [-0.39, 0.29) is 40.9 Å². The maximum absolute atomic E-state index is 14.6. The van der Waals surface area contributed by atoms with Crippen molar-refractivity contribution in [2.75, 3.05) is 25.1 Å². The molecule has 2 atom stereocenters. The molecule has 38 heavy (non-hydrogen) atoms. The number of hydrogen-bond acceptors (Lipinski definition) is 8. The van der Waals surface area contributed by atoms with Crippen LogP contribution in [-0.2, 0) is 21.3 Å². The van der Waals surface area contributed by atoms with Crippen molar-refractivity contribution in [1.82, 2.24) is 14.9 Å². The van der Waals surface area contributed by atoms with Gasteiger partial charge in [-0.2, -0.15) is 18.2 Å². The molecule has 0 aliphatic carbocycles. The van der Waals surface area contributed by atoms with E-state index >= 15 is 0 Å². The lowest BCUT2D eigenvalue weighted by molar-refractivity contribution is -0.139. The number of benzene rings is 1. The Morgan fingerprint density at radius 1 is 1.13 bits per heavy atom. The van der Waals surface area contributed by atoms with E-state index in [0.29, 0.717) is 23.7 Å². The number of methoxy groups -OCH3 is 1. The van der Waals surface area contributed by atoms with Gasteiger partial charge in [0.25, 0.3) is 6.01 Å². The first-order valence-corrected chi connectivity index (χ1v) is 13.3. The molecular weight excluding hydrogens is 521 g/mol. The predicted molar refractivity (Wildman–Crippen MR) is 137 cm³/mol. The van der Waals surface area contributed by atoms with Crippen molar-refractivity contribution >= 4 is 34.5 Å². The van der Waals surface area contributed by atoms with Gasteiger partial charge in [-0.1, -0.05) is 0 Å². The highest BCUT2D eigenvalue weighted by atomic mass is 32.1. The second-order valence-corrected chi connectivity index (χ2v) is 12.1. The van der Waals surface area contributed by atoms with Crippen LogP contribution in [0.1, 0.15) is 58.6 Å². The second kappa shape index (κ2) is 9.11. The van der Waals surface area contributed by atoms with Gasteiger partial charge in [0, 0.05) is 31.8 Å². The van der Waals surface area contributed by atoms with E-state index in [1.807, 2.05) is 25.7 Å². The Labute approximate surface area is 222 Å². The number of halogens is 3. The summed E-state index contributed by atoms with van der Waals surface area (Å²) in [4.78, 5) is 25.2. The highest BCUT2D eigenvalue weighted by Gasteiger charge is 2.47. The lowest BCUT2D eigenvalue weighted by Crippen LogP contribution is -2.56. The molecule has 2 fully saturated rings. The molecule has 3 aromatic rings. The number of thiazole rings is 1. The summed E-state index contributed by atoms with van der Waals surface area (Å²) in [5.41, 5.74) is -2.62. The van der Waals surface area contributed by atoms with Crippen LogP contribution < -0.4 is 4.90 Å². The van der Waals surface area contributed by atoms with Crippen molar-refractivity contribution in [3.05, 3.63) is 28.8 Å². The van der Waals surface area contributed by atoms with Crippen LogP contribution in [0.15, 0.2) is 22.1 Å². The molecule has 2 aliphatic rings. The average molecular weight is 553 g/mol. The Kier molecular flexibility index (Phi) is 6.41. The van der Waals surface area contributed by atoms with Gasteiger partial charge in [-0.15, -0.1) is 11.3 Å². The number of piperazine rings is 1. The van der Waals surface area contributed by atoms with E-state index in [0.717, 1.165) is 12.8 Å². The second-order valence-electron chi connectivity index (χ2n) is 11.2. The smallest absolute Gasteiger partial charge is 0.419 e. The van der Waals surface area contributed by atoms with E-state index in [1.165, 1.54) is 24.5 Å². The normalized spacial score (nSPS) is 20.4. The summed E-state index contributed by atoms with van der Waals surface area (Å²) in [7, 11) is 1.38. The zero-order chi connectivity index (χ0) is 27.6. The summed E-state index contributed by atoms with van der Waals surface area (Å²) < 4.78 is 60.9. The third-order valence-corrected chi connectivity index (χ3v) is 7.92. The van der Waals surface area contributed by atoms with Gasteiger partial charge in [0.15, 0.2) is 5.58 Å². The van der Waals surface area contributed by atoms with Crippen LogP contribution >= 0.6 is 11.3 Å². The Balaban J connectivity index is 1.60. The van der Waals surface area contributed by atoms with Gasteiger partial charge in [-0.3, -0.25) is 4.90 Å². The van der Waals surface area contributed by atoms with Crippen molar-refractivity contribution in [3.63, 3.8) is 0 Å². The SMILES string of the molecule is COC(C)(C)c1cc(-c2nccs2)c2oc(N3CC4CCC(C3)N4C(=O)OC(C)(C)C)nc2c1C(F)(F)F. The summed E-state index contributed by atoms with van der Waals surface area (Å²) in [6.45, 7) is 9.39. The summed E-state index contributed by atoms with van der Waals surface area (Å²) in [6, 6.07) is 1.24. The summed E-state index contributed by atoms with van der Waals surface area (Å²) in [5, 5.41) is 2.28. The fourth-order valence-electron chi connectivity index (χ4n) is 5.26. The Hall–Kier alpha value is -2.86. The standard InChI is InChI=1S/C26H31F3N4O4S/c1-24(2,3)37-23(34)33-14-7-8-15(33)13-32(12-14)22-31-19-18(26(27,28)29)17(25(4,5)35-6)11-16(20(19)36-22)21-30-9-10-38-21/h9-11,14-15H,7-8,12-13H2,1-6H3. The van der Waals surface area contributed by atoms with E-state index in [4.69, 9.17) is 13.9 Å². The number of amides is 1. The van der Waals surface area contributed by atoms with E-state index in [2.05, 4.69) is 9.97 Å². The lowest BCUT2D eigenvalue weighted by atomic mass is 9.89. The molecule has 1 aromatic carbocycles. The Morgan fingerprint density at radius 3 is 2.32 bits per heavy atom. The van der Waals surface area contributed by atoms with Crippen LogP contribution in [0.2, 0.25) is 0 Å². The fraction of sp³-hybridized carbons (Fsp3) is 0.577. The van der Waals surface area contributed by atoms with Gasteiger partial charge in [0.1, 0.15) is 16.1 Å². The molecule has 2 unspecified atom stereocenters. The Morgan fingerprint density at radius 2 is 1.79 bits per heavy atom. The van der Waals surface area contributed by atoms with E-state index in [9.17, 15) is 18.0 Å². The monoisotopic (exact) mass is 552 g/mol. The third kappa shape index (κ3) is 4.72. The number of ether oxygens (including phenoxy) is 2. The maximum Gasteiger partial charge on any atom is 0.419 e. The summed E-state index contributed by atoms with van der Waals surface area (Å²) >= 11 is 1.30. The van der Waals surface area contributed by atoms with Crippen LogP contribution in [0.4, 0.5) is 24.0 Å². The van der Waals surface area contributed by atoms with Crippen molar-refractivity contribution in [3.8, 4) is 10.6 Å². The Bertz CT molecular complexity index is 1330. The molecular formula is C26H31F3N4O4S. The number of carbonyl (C=O) groups excluding carboxylic acids is 1. The number of aromatic nitrogens is 2. The first kappa shape index (κ1) is 26.7. The number of hydrogen-bond donors (Lipinski definition) is 0. The van der Waals surface area contributed by atoms with E-state index < -0.39 is 22.9 Å². The topological polar surface area (TPSA) is 80.9 Å². The zero-order valence-corrected chi connectivity index (χ0v) is 23.0. The minimum absolute atomic E-state index is 0.0276. The van der Waals surface area contributed by atoms with Gasteiger partial charge in [0.05, 0.1) is 28.8 Å².